The molecule has 0 unspecified atom stereocenters. The molecule has 5 nitrogen and oxygen atoms in total. The Bertz CT molecular complexity index is 812. The van der Waals surface area contributed by atoms with Crippen LogP contribution in [0, 0.1) is 0 Å². The number of anilines is 2. The lowest BCUT2D eigenvalue weighted by Crippen LogP contribution is -1.98. The van der Waals surface area contributed by atoms with Crippen molar-refractivity contribution in [2.45, 2.75) is 0 Å². The van der Waals surface area contributed by atoms with Crippen molar-refractivity contribution in [1.82, 2.24) is 15.0 Å². The third-order valence-electron chi connectivity index (χ3n) is 2.84. The van der Waals surface area contributed by atoms with Gasteiger partial charge >= 0.3 is 0 Å². The van der Waals surface area contributed by atoms with Crippen LogP contribution < -0.4 is 5.32 Å². The van der Waals surface area contributed by atoms with Gasteiger partial charge in [0.05, 0.1) is 5.69 Å². The summed E-state index contributed by atoms with van der Waals surface area (Å²) in [5.41, 5.74) is 1.17. The minimum atomic E-state index is 0.0575. The standard InChI is InChI=1S/C15H10Cl2N4O/c16-10-3-4-12(22)11(6-10)19-14-7-13(17)20-15(21-14)9-2-1-5-18-8-9/h1-8,22H,(H,19,20,21). The molecular formula is C15H10Cl2N4O. The van der Waals surface area contributed by atoms with Crippen molar-refractivity contribution in [3.8, 4) is 17.1 Å². The molecule has 0 fully saturated rings. The molecule has 0 atom stereocenters. The lowest BCUT2D eigenvalue weighted by atomic mass is 10.2. The minimum Gasteiger partial charge on any atom is -0.506 e. The highest BCUT2D eigenvalue weighted by molar-refractivity contribution is 6.31. The topological polar surface area (TPSA) is 70.9 Å². The van der Waals surface area contributed by atoms with Crippen molar-refractivity contribution in [2.75, 3.05) is 5.32 Å². The normalized spacial score (nSPS) is 10.5. The smallest absolute Gasteiger partial charge is 0.164 e. The van der Waals surface area contributed by atoms with Crippen LogP contribution in [-0.2, 0) is 0 Å². The van der Waals surface area contributed by atoms with Gasteiger partial charge in [-0.15, -0.1) is 0 Å². The molecule has 0 radical (unpaired) electrons. The van der Waals surface area contributed by atoms with Crippen molar-refractivity contribution in [2.24, 2.45) is 0 Å². The van der Waals surface area contributed by atoms with E-state index in [-0.39, 0.29) is 10.9 Å². The number of pyridine rings is 1. The molecule has 0 saturated carbocycles. The van der Waals surface area contributed by atoms with Crippen LogP contribution in [0.1, 0.15) is 0 Å². The van der Waals surface area contributed by atoms with E-state index >= 15 is 0 Å². The summed E-state index contributed by atoms with van der Waals surface area (Å²) in [5, 5.41) is 13.6. The number of nitrogens with one attached hydrogen (secondary N) is 1. The first-order valence-corrected chi connectivity index (χ1v) is 7.08. The van der Waals surface area contributed by atoms with E-state index in [0.29, 0.717) is 22.4 Å². The van der Waals surface area contributed by atoms with Crippen LogP contribution >= 0.6 is 23.2 Å². The molecule has 0 amide bonds. The number of nitrogens with zero attached hydrogens (tertiary/aromatic N) is 3. The molecule has 2 heterocycles. The maximum absolute atomic E-state index is 9.84. The van der Waals surface area contributed by atoms with Gasteiger partial charge in [-0.1, -0.05) is 23.2 Å². The van der Waals surface area contributed by atoms with Gasteiger partial charge in [-0.25, -0.2) is 9.97 Å². The fraction of sp³-hybridized carbons (Fsp3) is 0. The second-order valence-corrected chi connectivity index (χ2v) is 5.25. The van der Waals surface area contributed by atoms with Crippen molar-refractivity contribution >= 4 is 34.7 Å². The Balaban J connectivity index is 1.98. The van der Waals surface area contributed by atoms with Gasteiger partial charge in [0, 0.05) is 29.0 Å². The Labute approximate surface area is 136 Å². The largest absolute Gasteiger partial charge is 0.506 e. The molecule has 0 aliphatic rings. The van der Waals surface area contributed by atoms with Gasteiger partial charge in [-0.05, 0) is 30.3 Å². The Kier molecular flexibility index (Phi) is 4.09. The minimum absolute atomic E-state index is 0.0575. The molecule has 3 aromatic rings. The highest BCUT2D eigenvalue weighted by atomic mass is 35.5. The Morgan fingerprint density at radius 1 is 1.05 bits per heavy atom. The summed E-state index contributed by atoms with van der Waals surface area (Å²) < 4.78 is 0. The number of hydrogen-bond acceptors (Lipinski definition) is 5. The van der Waals surface area contributed by atoms with E-state index in [2.05, 4.69) is 20.3 Å². The Morgan fingerprint density at radius 2 is 1.91 bits per heavy atom. The molecule has 1 aromatic carbocycles. The molecule has 2 aromatic heterocycles. The van der Waals surface area contributed by atoms with Crippen LogP contribution in [0.4, 0.5) is 11.5 Å². The van der Waals surface area contributed by atoms with Crippen LogP contribution in [0.3, 0.4) is 0 Å². The summed E-state index contributed by atoms with van der Waals surface area (Å²) in [4.78, 5) is 12.6. The highest BCUT2D eigenvalue weighted by Crippen LogP contribution is 2.30. The van der Waals surface area contributed by atoms with Gasteiger partial charge in [0.25, 0.3) is 0 Å². The summed E-state index contributed by atoms with van der Waals surface area (Å²) in [6.07, 6.45) is 3.31. The zero-order chi connectivity index (χ0) is 15.5. The van der Waals surface area contributed by atoms with Crippen LogP contribution in [-0.4, -0.2) is 20.1 Å². The maximum atomic E-state index is 9.84. The number of hydrogen-bond donors (Lipinski definition) is 2. The van der Waals surface area contributed by atoms with E-state index in [1.807, 2.05) is 6.07 Å². The first kappa shape index (κ1) is 14.6. The molecule has 0 aliphatic carbocycles. The van der Waals surface area contributed by atoms with E-state index in [1.165, 1.54) is 6.07 Å². The number of phenolic OH excluding ortho intramolecular Hbond substituents is 1. The first-order valence-electron chi connectivity index (χ1n) is 6.32. The van der Waals surface area contributed by atoms with Crippen molar-refractivity contribution in [3.63, 3.8) is 0 Å². The van der Waals surface area contributed by atoms with Crippen LogP contribution in [0.25, 0.3) is 11.4 Å². The molecule has 0 bridgehead atoms. The van der Waals surface area contributed by atoms with E-state index < -0.39 is 0 Å². The first-order chi connectivity index (χ1) is 10.6. The predicted octanol–water partition coefficient (Wildman–Crippen LogP) is 4.29. The van der Waals surface area contributed by atoms with E-state index in [4.69, 9.17) is 23.2 Å². The predicted molar refractivity (Wildman–Crippen MR) is 86.7 cm³/mol. The number of aromatic nitrogens is 3. The van der Waals surface area contributed by atoms with Gasteiger partial charge < -0.3 is 10.4 Å². The quantitative estimate of drug-likeness (QED) is 0.552. The zero-order valence-electron chi connectivity index (χ0n) is 11.2. The zero-order valence-corrected chi connectivity index (χ0v) is 12.7. The highest BCUT2D eigenvalue weighted by Gasteiger charge is 2.08. The van der Waals surface area contributed by atoms with Crippen LogP contribution in [0.5, 0.6) is 5.75 Å². The van der Waals surface area contributed by atoms with Gasteiger partial charge in [-0.2, -0.15) is 0 Å². The number of phenols is 1. The number of rotatable bonds is 3. The average Bonchev–Trinajstić information content (AvgIpc) is 2.51. The number of aromatic hydroxyl groups is 1. The van der Waals surface area contributed by atoms with Crippen molar-refractivity contribution in [1.29, 1.82) is 0 Å². The third kappa shape index (κ3) is 3.27. The summed E-state index contributed by atoms with van der Waals surface area (Å²) in [7, 11) is 0. The molecular weight excluding hydrogens is 323 g/mol. The van der Waals surface area contributed by atoms with Gasteiger partial charge in [0.2, 0.25) is 0 Å². The van der Waals surface area contributed by atoms with Gasteiger partial charge in [-0.3, -0.25) is 4.98 Å². The van der Waals surface area contributed by atoms with Crippen molar-refractivity contribution in [3.05, 3.63) is 59.0 Å². The SMILES string of the molecule is Oc1ccc(Cl)cc1Nc1cc(Cl)nc(-c2cccnc2)n1. The second-order valence-electron chi connectivity index (χ2n) is 4.43. The number of benzene rings is 1. The van der Waals surface area contributed by atoms with E-state index in [0.717, 1.165) is 5.56 Å². The lowest BCUT2D eigenvalue weighted by molar-refractivity contribution is 0.477. The summed E-state index contributed by atoms with van der Waals surface area (Å²) in [5.74, 6) is 0.933. The molecule has 22 heavy (non-hydrogen) atoms. The maximum Gasteiger partial charge on any atom is 0.164 e. The second kappa shape index (κ2) is 6.17. The summed E-state index contributed by atoms with van der Waals surface area (Å²) in [6, 6.07) is 9.86. The molecule has 0 spiro atoms. The average molecular weight is 333 g/mol. The fourth-order valence-corrected chi connectivity index (χ4v) is 2.21. The Morgan fingerprint density at radius 3 is 2.68 bits per heavy atom. The molecule has 2 N–H and O–H groups in total. The van der Waals surface area contributed by atoms with Crippen molar-refractivity contribution < 1.29 is 5.11 Å². The van der Waals surface area contributed by atoms with Crippen LogP contribution in [0.15, 0.2) is 48.8 Å². The molecule has 3 rings (SSSR count). The molecule has 0 aliphatic heterocycles. The van der Waals surface area contributed by atoms with E-state index in [9.17, 15) is 5.11 Å². The monoisotopic (exact) mass is 332 g/mol. The lowest BCUT2D eigenvalue weighted by Gasteiger charge is -2.09. The van der Waals surface area contributed by atoms with Crippen LogP contribution in [0.2, 0.25) is 10.2 Å². The Hall–Kier alpha value is -2.37. The summed E-state index contributed by atoms with van der Waals surface area (Å²) in [6.45, 7) is 0. The van der Waals surface area contributed by atoms with E-state index in [1.54, 1.807) is 36.7 Å². The molecule has 110 valence electrons. The van der Waals surface area contributed by atoms with Gasteiger partial charge in [0.15, 0.2) is 5.82 Å². The molecule has 7 heteroatoms. The summed E-state index contributed by atoms with van der Waals surface area (Å²) >= 11 is 12.0. The third-order valence-corrected chi connectivity index (χ3v) is 3.26. The van der Waals surface area contributed by atoms with Gasteiger partial charge in [0.1, 0.15) is 16.7 Å². The number of halogens is 2. The fourth-order valence-electron chi connectivity index (χ4n) is 1.85. The molecule has 0 saturated heterocycles.